The molecule has 1 saturated carbocycles. The monoisotopic (exact) mass is 509 g/mol. The number of carbonyl (C=O) groups is 1. The number of benzene rings is 1. The van der Waals surface area contributed by atoms with Crippen LogP contribution in [0.3, 0.4) is 0 Å². The minimum absolute atomic E-state index is 0.216. The van der Waals surface area contributed by atoms with Crippen LogP contribution >= 0.6 is 11.6 Å². The molecule has 0 heterocycles. The topological polar surface area (TPSA) is 78.8 Å². The molecule has 1 amide bonds. The molecular weight excluding hydrogens is 479 g/mol. The molecule has 0 aliphatic heterocycles. The van der Waals surface area contributed by atoms with Gasteiger partial charge in [0.25, 0.3) is 5.91 Å². The van der Waals surface area contributed by atoms with Gasteiger partial charge in [0.15, 0.2) is 0 Å². The van der Waals surface area contributed by atoms with Crippen LogP contribution in [0.5, 0.6) is 0 Å². The van der Waals surface area contributed by atoms with Crippen LogP contribution in [0.1, 0.15) is 76.2 Å². The molecule has 0 unspecified atom stereocenters. The predicted octanol–water partition coefficient (Wildman–Crippen LogP) is 5.90. The van der Waals surface area contributed by atoms with Crippen LogP contribution in [0.25, 0.3) is 0 Å². The Morgan fingerprint density at radius 3 is 2.03 bits per heavy atom. The maximum atomic E-state index is 13.1. The van der Waals surface area contributed by atoms with Crippen molar-refractivity contribution in [1.29, 1.82) is 0 Å². The number of amides is 1. The summed E-state index contributed by atoms with van der Waals surface area (Å²) in [7, 11) is -4.10. The van der Waals surface area contributed by atoms with Gasteiger partial charge >= 0.3 is 6.18 Å². The Bertz CT molecular complexity index is 923. The second-order valence-corrected chi connectivity index (χ2v) is 10.6. The van der Waals surface area contributed by atoms with E-state index in [0.717, 1.165) is 62.6 Å². The Balaban J connectivity index is 2.14. The van der Waals surface area contributed by atoms with E-state index in [9.17, 15) is 26.4 Å². The van der Waals surface area contributed by atoms with Gasteiger partial charge < -0.3 is 0 Å². The van der Waals surface area contributed by atoms with Crippen LogP contribution in [0.15, 0.2) is 23.3 Å². The molecule has 1 aromatic carbocycles. The van der Waals surface area contributed by atoms with E-state index in [1.807, 2.05) is 0 Å². The first-order valence-corrected chi connectivity index (χ1v) is 13.4. The average Bonchev–Trinajstić information content (AvgIpc) is 2.70. The van der Waals surface area contributed by atoms with Crippen molar-refractivity contribution in [2.24, 2.45) is 5.10 Å². The summed E-state index contributed by atoms with van der Waals surface area (Å²) in [6.07, 6.45) is 7.75. The highest BCUT2D eigenvalue weighted by atomic mass is 35.5. The molecule has 0 saturated heterocycles. The van der Waals surface area contributed by atoms with Crippen LogP contribution in [-0.4, -0.2) is 32.8 Å². The molecular formula is C22H31ClF3N3O3S. The van der Waals surface area contributed by atoms with Crippen LogP contribution in [0.4, 0.5) is 18.9 Å². The van der Waals surface area contributed by atoms with Gasteiger partial charge in [-0.25, -0.2) is 13.8 Å². The van der Waals surface area contributed by atoms with E-state index >= 15 is 0 Å². The molecule has 1 aliphatic rings. The summed E-state index contributed by atoms with van der Waals surface area (Å²) in [5.74, 6) is -0.757. The van der Waals surface area contributed by atoms with Crippen molar-refractivity contribution in [2.75, 3.05) is 17.1 Å². The van der Waals surface area contributed by atoms with E-state index in [1.54, 1.807) is 0 Å². The summed E-state index contributed by atoms with van der Waals surface area (Å²) >= 11 is 5.98. The molecule has 2 rings (SSSR count). The molecule has 6 nitrogen and oxygen atoms in total. The molecule has 1 N–H and O–H groups in total. The maximum absolute atomic E-state index is 13.1. The van der Waals surface area contributed by atoms with Crippen molar-refractivity contribution in [2.45, 2.75) is 76.8 Å². The summed E-state index contributed by atoms with van der Waals surface area (Å²) in [5.41, 5.74) is 1.74. The van der Waals surface area contributed by atoms with Crippen molar-refractivity contribution < 1.29 is 26.4 Å². The molecule has 11 heteroatoms. The van der Waals surface area contributed by atoms with Crippen molar-refractivity contribution >= 4 is 38.9 Å². The van der Waals surface area contributed by atoms with Gasteiger partial charge in [-0.05, 0) is 43.9 Å². The maximum Gasteiger partial charge on any atom is 0.416 e. The lowest BCUT2D eigenvalue weighted by molar-refractivity contribution is -0.137. The Morgan fingerprint density at radius 1 is 1.03 bits per heavy atom. The summed E-state index contributed by atoms with van der Waals surface area (Å²) < 4.78 is 64.4. The molecule has 1 aromatic rings. The predicted molar refractivity (Wildman–Crippen MR) is 125 cm³/mol. The number of halogens is 4. The lowest BCUT2D eigenvalue weighted by atomic mass is 10.00. The van der Waals surface area contributed by atoms with Crippen LogP contribution in [0.2, 0.25) is 5.02 Å². The number of carbonyl (C=O) groups excluding carboxylic acids is 1. The molecule has 0 spiro atoms. The fourth-order valence-electron chi connectivity index (χ4n) is 3.70. The zero-order chi connectivity index (χ0) is 24.5. The number of sulfonamides is 1. The zero-order valence-electron chi connectivity index (χ0n) is 18.8. The van der Waals surface area contributed by atoms with Gasteiger partial charge in [-0.3, -0.25) is 9.10 Å². The standard InChI is InChI=1S/C22H31ClF3N3O3S/c1-33(31,32)29(20-15-17(22(24,25)26)13-14-19(20)23)16-21(30)28-27-18-11-9-7-5-3-2-4-6-8-10-12-18/h13-15H,2-12,16H2,1H3,(H,28,30). The number of hydrogen-bond donors (Lipinski definition) is 1. The average molecular weight is 510 g/mol. The van der Waals surface area contributed by atoms with E-state index in [-0.39, 0.29) is 5.02 Å². The van der Waals surface area contributed by atoms with Crippen molar-refractivity contribution in [3.8, 4) is 0 Å². The summed E-state index contributed by atoms with van der Waals surface area (Å²) in [5, 5.41) is 3.99. The largest absolute Gasteiger partial charge is 0.416 e. The third-order valence-corrected chi connectivity index (χ3v) is 6.95. The van der Waals surface area contributed by atoms with E-state index < -0.39 is 39.9 Å². The number of hydrogen-bond acceptors (Lipinski definition) is 4. The normalized spacial score (nSPS) is 16.9. The third kappa shape index (κ3) is 9.52. The van der Waals surface area contributed by atoms with E-state index in [0.29, 0.717) is 10.4 Å². The van der Waals surface area contributed by atoms with Crippen molar-refractivity contribution in [3.63, 3.8) is 0 Å². The molecule has 0 aromatic heterocycles. The highest BCUT2D eigenvalue weighted by Gasteiger charge is 2.33. The Labute approximate surface area is 198 Å². The summed E-state index contributed by atoms with van der Waals surface area (Å²) in [6.45, 7) is -0.739. The van der Waals surface area contributed by atoms with Crippen LogP contribution in [0, 0.1) is 0 Å². The quantitative estimate of drug-likeness (QED) is 0.502. The highest BCUT2D eigenvalue weighted by molar-refractivity contribution is 7.92. The minimum atomic E-state index is -4.69. The van der Waals surface area contributed by atoms with Gasteiger partial charge in [0.2, 0.25) is 10.0 Å². The Morgan fingerprint density at radius 2 is 1.55 bits per heavy atom. The van der Waals surface area contributed by atoms with Gasteiger partial charge in [-0.1, -0.05) is 56.5 Å². The first-order valence-electron chi connectivity index (χ1n) is 11.2. The first-order chi connectivity index (χ1) is 15.5. The minimum Gasteiger partial charge on any atom is -0.271 e. The van der Waals surface area contributed by atoms with Crippen LogP contribution < -0.4 is 9.73 Å². The molecule has 0 bridgehead atoms. The van der Waals surface area contributed by atoms with E-state index in [4.69, 9.17) is 11.6 Å². The second-order valence-electron chi connectivity index (χ2n) is 8.33. The first kappa shape index (κ1) is 27.4. The van der Waals surface area contributed by atoms with Gasteiger partial charge in [-0.15, -0.1) is 0 Å². The number of hydrazone groups is 1. The molecule has 0 radical (unpaired) electrons. The van der Waals surface area contributed by atoms with E-state index in [1.165, 1.54) is 32.1 Å². The third-order valence-electron chi connectivity index (χ3n) is 5.50. The fourth-order valence-corrected chi connectivity index (χ4v) is 4.83. The number of nitrogens with zero attached hydrogens (tertiary/aromatic N) is 2. The van der Waals surface area contributed by atoms with Crippen molar-refractivity contribution in [3.05, 3.63) is 28.8 Å². The van der Waals surface area contributed by atoms with Gasteiger partial charge in [0, 0.05) is 5.71 Å². The number of alkyl halides is 3. The van der Waals surface area contributed by atoms with Gasteiger partial charge in [0.1, 0.15) is 6.54 Å². The lowest BCUT2D eigenvalue weighted by Crippen LogP contribution is -2.39. The van der Waals surface area contributed by atoms with Gasteiger partial charge in [0.05, 0.1) is 22.5 Å². The summed E-state index contributed by atoms with van der Waals surface area (Å²) in [4.78, 5) is 12.5. The zero-order valence-corrected chi connectivity index (χ0v) is 20.3. The second kappa shape index (κ2) is 12.6. The van der Waals surface area contributed by atoms with Crippen molar-refractivity contribution in [1.82, 2.24) is 5.43 Å². The SMILES string of the molecule is CS(=O)(=O)N(CC(=O)NN=C1CCCCCCCCCCC1)c1cc(C(F)(F)F)ccc1Cl. The van der Waals surface area contributed by atoms with E-state index in [2.05, 4.69) is 10.5 Å². The molecule has 186 valence electrons. The molecule has 1 fully saturated rings. The lowest BCUT2D eigenvalue weighted by Gasteiger charge is -2.23. The number of nitrogens with one attached hydrogen (secondary N) is 1. The van der Waals surface area contributed by atoms with Gasteiger partial charge in [-0.2, -0.15) is 18.3 Å². The molecule has 0 atom stereocenters. The smallest absolute Gasteiger partial charge is 0.271 e. The molecule has 33 heavy (non-hydrogen) atoms. The molecule has 1 aliphatic carbocycles. The number of rotatable bonds is 5. The summed E-state index contributed by atoms with van der Waals surface area (Å²) in [6, 6.07) is 2.33. The Kier molecular flexibility index (Phi) is 10.5. The fraction of sp³-hybridized carbons (Fsp3) is 0.636. The van der Waals surface area contributed by atoms with Crippen LogP contribution in [-0.2, 0) is 21.0 Å². The Hall–Kier alpha value is -1.81. The number of anilines is 1. The highest BCUT2D eigenvalue weighted by Crippen LogP contribution is 2.36.